The van der Waals surface area contributed by atoms with Gasteiger partial charge in [0.05, 0.1) is 11.0 Å². The van der Waals surface area contributed by atoms with Crippen LogP contribution in [0.4, 0.5) is 11.6 Å². The maximum absolute atomic E-state index is 5.81. The van der Waals surface area contributed by atoms with Crippen LogP contribution in [0.15, 0.2) is 18.2 Å². The highest BCUT2D eigenvalue weighted by molar-refractivity contribution is 5.80. The minimum absolute atomic E-state index is 0.774. The Morgan fingerprint density at radius 3 is 2.47 bits per heavy atom. The predicted octanol–water partition coefficient (Wildman–Crippen LogP) is 3.55. The summed E-state index contributed by atoms with van der Waals surface area (Å²) >= 11 is 0. The molecule has 0 saturated carbocycles. The number of rotatable bonds is 7. The van der Waals surface area contributed by atoms with Gasteiger partial charge in [0.2, 0.25) is 5.95 Å². The van der Waals surface area contributed by atoms with Crippen LogP contribution in [0.2, 0.25) is 0 Å². The van der Waals surface area contributed by atoms with Crippen molar-refractivity contribution in [1.82, 2.24) is 9.97 Å². The molecule has 0 radical (unpaired) electrons. The number of benzene rings is 1. The summed E-state index contributed by atoms with van der Waals surface area (Å²) in [4.78, 5) is 10.4. The Hall–Kier alpha value is -1.71. The smallest absolute Gasteiger partial charge is 0.203 e. The van der Waals surface area contributed by atoms with Gasteiger partial charge in [-0.05, 0) is 31.0 Å². The number of aromatic amines is 1. The van der Waals surface area contributed by atoms with E-state index in [-0.39, 0.29) is 0 Å². The van der Waals surface area contributed by atoms with Crippen LogP contribution in [0.25, 0.3) is 11.0 Å². The minimum atomic E-state index is 0.774. The molecule has 0 fully saturated rings. The lowest BCUT2D eigenvalue weighted by atomic mass is 10.3. The van der Waals surface area contributed by atoms with E-state index in [1.807, 2.05) is 18.2 Å². The second-order valence-electron chi connectivity index (χ2n) is 5.03. The molecule has 0 bridgehead atoms. The number of nitrogens with zero attached hydrogens (tertiary/aromatic N) is 2. The van der Waals surface area contributed by atoms with E-state index in [4.69, 9.17) is 5.73 Å². The third kappa shape index (κ3) is 3.40. The van der Waals surface area contributed by atoms with E-state index in [0.29, 0.717) is 0 Å². The number of imidazole rings is 1. The number of H-pyrrole nitrogens is 1. The van der Waals surface area contributed by atoms with Gasteiger partial charge in [-0.15, -0.1) is 0 Å². The Morgan fingerprint density at radius 2 is 1.84 bits per heavy atom. The fourth-order valence-electron chi connectivity index (χ4n) is 2.19. The number of anilines is 2. The third-order valence-electron chi connectivity index (χ3n) is 3.36. The van der Waals surface area contributed by atoms with Crippen molar-refractivity contribution in [3.8, 4) is 0 Å². The molecule has 19 heavy (non-hydrogen) atoms. The van der Waals surface area contributed by atoms with Gasteiger partial charge in [0, 0.05) is 18.8 Å². The first-order valence-electron chi connectivity index (χ1n) is 7.24. The van der Waals surface area contributed by atoms with E-state index in [2.05, 4.69) is 28.7 Å². The van der Waals surface area contributed by atoms with E-state index in [0.717, 1.165) is 35.8 Å². The molecule has 0 amide bonds. The quantitative estimate of drug-likeness (QED) is 0.748. The first kappa shape index (κ1) is 13.7. The molecule has 104 valence electrons. The van der Waals surface area contributed by atoms with Crippen LogP contribution >= 0.6 is 0 Å². The average molecular weight is 260 g/mol. The SMILES string of the molecule is CCCCN(CCCC)c1nc2ccc(N)cc2[nH]1. The number of hydrogen-bond donors (Lipinski definition) is 2. The number of nitrogen functional groups attached to an aromatic ring is 1. The normalized spacial score (nSPS) is 11.1. The summed E-state index contributed by atoms with van der Waals surface area (Å²) < 4.78 is 0. The number of nitrogens with two attached hydrogens (primary N) is 1. The largest absolute Gasteiger partial charge is 0.399 e. The Balaban J connectivity index is 2.21. The van der Waals surface area contributed by atoms with Crippen molar-refractivity contribution in [3.63, 3.8) is 0 Å². The molecule has 4 nitrogen and oxygen atoms in total. The third-order valence-corrected chi connectivity index (χ3v) is 3.36. The number of nitrogens with one attached hydrogen (secondary N) is 1. The van der Waals surface area contributed by atoms with E-state index >= 15 is 0 Å². The van der Waals surface area contributed by atoms with Crippen molar-refractivity contribution in [3.05, 3.63) is 18.2 Å². The standard InChI is InChI=1S/C15H24N4/c1-3-5-9-19(10-6-4-2)15-17-13-8-7-12(16)11-14(13)18-15/h7-8,11H,3-6,9-10,16H2,1-2H3,(H,17,18). The number of aromatic nitrogens is 2. The van der Waals surface area contributed by atoms with Crippen molar-refractivity contribution >= 4 is 22.7 Å². The van der Waals surface area contributed by atoms with Crippen LogP contribution in [0.3, 0.4) is 0 Å². The zero-order valence-corrected chi connectivity index (χ0v) is 11.9. The van der Waals surface area contributed by atoms with Crippen molar-refractivity contribution in [2.75, 3.05) is 23.7 Å². The van der Waals surface area contributed by atoms with Gasteiger partial charge >= 0.3 is 0 Å². The van der Waals surface area contributed by atoms with Crippen molar-refractivity contribution in [2.45, 2.75) is 39.5 Å². The van der Waals surface area contributed by atoms with Crippen LogP contribution < -0.4 is 10.6 Å². The Kier molecular flexibility index (Phi) is 4.66. The molecule has 3 N–H and O–H groups in total. The molecule has 1 heterocycles. The van der Waals surface area contributed by atoms with Crippen LogP contribution in [0, 0.1) is 0 Å². The highest BCUT2D eigenvalue weighted by Gasteiger charge is 2.10. The Labute approximate surface area is 115 Å². The van der Waals surface area contributed by atoms with Gasteiger partial charge < -0.3 is 15.6 Å². The van der Waals surface area contributed by atoms with Crippen LogP contribution in [-0.2, 0) is 0 Å². The van der Waals surface area contributed by atoms with Crippen molar-refractivity contribution in [1.29, 1.82) is 0 Å². The maximum atomic E-state index is 5.81. The number of unbranched alkanes of at least 4 members (excludes halogenated alkanes) is 2. The Morgan fingerprint density at radius 1 is 1.16 bits per heavy atom. The van der Waals surface area contributed by atoms with Crippen LogP contribution in [0.5, 0.6) is 0 Å². The molecule has 0 aliphatic carbocycles. The zero-order chi connectivity index (χ0) is 13.7. The molecule has 0 atom stereocenters. The molecular formula is C15H24N4. The Bertz CT molecular complexity index is 510. The predicted molar refractivity (Wildman–Crippen MR) is 82.5 cm³/mol. The second-order valence-corrected chi connectivity index (χ2v) is 5.03. The number of hydrogen-bond acceptors (Lipinski definition) is 3. The van der Waals surface area contributed by atoms with Gasteiger partial charge in [-0.1, -0.05) is 26.7 Å². The second kappa shape index (κ2) is 6.45. The first-order valence-corrected chi connectivity index (χ1v) is 7.24. The highest BCUT2D eigenvalue weighted by Crippen LogP contribution is 2.20. The molecule has 0 spiro atoms. The lowest BCUT2D eigenvalue weighted by Crippen LogP contribution is -2.26. The topological polar surface area (TPSA) is 57.9 Å². The maximum Gasteiger partial charge on any atom is 0.203 e. The minimum Gasteiger partial charge on any atom is -0.399 e. The number of fused-ring (bicyclic) bond motifs is 1. The fourth-order valence-corrected chi connectivity index (χ4v) is 2.19. The summed E-state index contributed by atoms with van der Waals surface area (Å²) in [6.07, 6.45) is 4.80. The summed E-state index contributed by atoms with van der Waals surface area (Å²) in [5, 5.41) is 0. The molecule has 2 rings (SSSR count). The molecule has 1 aromatic heterocycles. The van der Waals surface area contributed by atoms with Gasteiger partial charge in [-0.3, -0.25) is 0 Å². The molecule has 0 unspecified atom stereocenters. The highest BCUT2D eigenvalue weighted by atomic mass is 15.3. The molecule has 0 aliphatic heterocycles. The van der Waals surface area contributed by atoms with Gasteiger partial charge in [-0.2, -0.15) is 0 Å². The summed E-state index contributed by atoms with van der Waals surface area (Å²) in [5.41, 5.74) is 8.59. The van der Waals surface area contributed by atoms with Crippen LogP contribution in [0.1, 0.15) is 39.5 Å². The zero-order valence-electron chi connectivity index (χ0n) is 11.9. The van der Waals surface area contributed by atoms with E-state index in [9.17, 15) is 0 Å². The van der Waals surface area contributed by atoms with E-state index < -0.39 is 0 Å². The lowest BCUT2D eigenvalue weighted by molar-refractivity contribution is 0.667. The summed E-state index contributed by atoms with van der Waals surface area (Å²) in [5.74, 6) is 0.975. The molecule has 4 heteroatoms. The average Bonchev–Trinajstić information content (AvgIpc) is 2.81. The van der Waals surface area contributed by atoms with Crippen molar-refractivity contribution < 1.29 is 0 Å². The van der Waals surface area contributed by atoms with Gasteiger partial charge in [0.15, 0.2) is 0 Å². The van der Waals surface area contributed by atoms with Gasteiger partial charge in [-0.25, -0.2) is 4.98 Å². The first-order chi connectivity index (χ1) is 9.24. The molecule has 1 aromatic carbocycles. The van der Waals surface area contributed by atoms with E-state index in [1.165, 1.54) is 25.7 Å². The van der Waals surface area contributed by atoms with Crippen molar-refractivity contribution in [2.24, 2.45) is 0 Å². The molecular weight excluding hydrogens is 236 g/mol. The van der Waals surface area contributed by atoms with Crippen LogP contribution in [-0.4, -0.2) is 23.1 Å². The van der Waals surface area contributed by atoms with Gasteiger partial charge in [0.25, 0.3) is 0 Å². The summed E-state index contributed by atoms with van der Waals surface area (Å²) in [6, 6.07) is 5.82. The fraction of sp³-hybridized carbons (Fsp3) is 0.533. The van der Waals surface area contributed by atoms with E-state index in [1.54, 1.807) is 0 Å². The molecule has 0 saturated heterocycles. The molecule has 0 aliphatic rings. The summed E-state index contributed by atoms with van der Waals surface area (Å²) in [7, 11) is 0. The lowest BCUT2D eigenvalue weighted by Gasteiger charge is -2.21. The molecule has 2 aromatic rings. The summed E-state index contributed by atoms with van der Waals surface area (Å²) in [6.45, 7) is 6.56. The monoisotopic (exact) mass is 260 g/mol. The van der Waals surface area contributed by atoms with Gasteiger partial charge in [0.1, 0.15) is 0 Å².